The Morgan fingerprint density at radius 3 is 2.52 bits per heavy atom. The Morgan fingerprint density at radius 2 is 1.88 bits per heavy atom. The Hall–Kier alpha value is -2.25. The average molecular weight is 362 g/mol. The lowest BCUT2D eigenvalue weighted by atomic mass is 10.2. The highest BCUT2D eigenvalue weighted by Crippen LogP contribution is 2.25. The van der Waals surface area contributed by atoms with Gasteiger partial charge < -0.3 is 14.4 Å². The summed E-state index contributed by atoms with van der Waals surface area (Å²) in [5.41, 5.74) is 1.58. The van der Waals surface area contributed by atoms with Gasteiger partial charge in [-0.25, -0.2) is 8.42 Å². The van der Waals surface area contributed by atoms with Gasteiger partial charge in [0, 0.05) is 37.6 Å². The summed E-state index contributed by atoms with van der Waals surface area (Å²) in [4.78, 5) is 2.40. The number of ether oxygens (including phenoxy) is 2. The SMILES string of the molecule is COc1cccc(S(=O)(=O)Nc2ccc(N3CC[C@@H](OC)C3)cc2)c1. The smallest absolute Gasteiger partial charge is 0.262 e. The Balaban J connectivity index is 1.72. The predicted molar refractivity (Wildman–Crippen MR) is 97.9 cm³/mol. The van der Waals surface area contributed by atoms with Gasteiger partial charge in [0.25, 0.3) is 10.0 Å². The summed E-state index contributed by atoms with van der Waals surface area (Å²) in [7, 11) is -0.423. The number of nitrogens with zero attached hydrogens (tertiary/aromatic N) is 1. The Kier molecular flexibility index (Phi) is 5.15. The molecule has 0 radical (unpaired) electrons. The van der Waals surface area contributed by atoms with Gasteiger partial charge in [-0.1, -0.05) is 6.07 Å². The van der Waals surface area contributed by atoms with Crippen LogP contribution in [0.25, 0.3) is 0 Å². The van der Waals surface area contributed by atoms with Gasteiger partial charge in [0.15, 0.2) is 0 Å². The number of nitrogens with one attached hydrogen (secondary N) is 1. The van der Waals surface area contributed by atoms with Crippen molar-refractivity contribution < 1.29 is 17.9 Å². The van der Waals surface area contributed by atoms with Crippen molar-refractivity contribution >= 4 is 21.4 Å². The summed E-state index contributed by atoms with van der Waals surface area (Å²) in [6, 6.07) is 13.8. The third-order valence-corrected chi connectivity index (χ3v) is 5.69. The Labute approximate surface area is 148 Å². The molecule has 1 saturated heterocycles. The van der Waals surface area contributed by atoms with Gasteiger partial charge in [0.2, 0.25) is 0 Å². The topological polar surface area (TPSA) is 67.9 Å². The number of hydrogen-bond acceptors (Lipinski definition) is 5. The van der Waals surface area contributed by atoms with E-state index in [1.165, 1.54) is 19.2 Å². The van der Waals surface area contributed by atoms with Crippen LogP contribution in [0.5, 0.6) is 5.75 Å². The molecule has 1 aliphatic heterocycles. The van der Waals surface area contributed by atoms with Crippen LogP contribution < -0.4 is 14.4 Å². The summed E-state index contributed by atoms with van der Waals surface area (Å²) in [5.74, 6) is 0.500. The summed E-state index contributed by atoms with van der Waals surface area (Å²) in [6.45, 7) is 1.79. The first-order valence-corrected chi connectivity index (χ1v) is 9.55. The van der Waals surface area contributed by atoms with Crippen LogP contribution in [0, 0.1) is 0 Å². The molecule has 2 aromatic rings. The number of sulfonamides is 1. The lowest BCUT2D eigenvalue weighted by molar-refractivity contribution is 0.121. The second-order valence-electron chi connectivity index (χ2n) is 5.92. The highest BCUT2D eigenvalue weighted by molar-refractivity contribution is 7.92. The van der Waals surface area contributed by atoms with Crippen LogP contribution in [0.15, 0.2) is 53.4 Å². The molecule has 6 nitrogen and oxygen atoms in total. The van der Waals surface area contributed by atoms with Gasteiger partial charge in [-0.3, -0.25) is 4.72 Å². The zero-order valence-corrected chi connectivity index (χ0v) is 15.1. The standard InChI is InChI=1S/C18H22N2O4S/c1-23-16-4-3-5-18(12-16)25(21,22)19-14-6-8-15(9-7-14)20-11-10-17(13-20)24-2/h3-9,12,17,19H,10-11,13H2,1-2H3/t17-/m1/s1. The van der Waals surface area contributed by atoms with Crippen molar-refractivity contribution in [2.45, 2.75) is 17.4 Å². The van der Waals surface area contributed by atoms with E-state index in [4.69, 9.17) is 9.47 Å². The van der Waals surface area contributed by atoms with Crippen LogP contribution >= 0.6 is 0 Å². The van der Waals surface area contributed by atoms with Crippen molar-refractivity contribution in [2.75, 3.05) is 36.9 Å². The van der Waals surface area contributed by atoms with Crippen molar-refractivity contribution in [3.8, 4) is 5.75 Å². The van der Waals surface area contributed by atoms with E-state index in [2.05, 4.69) is 9.62 Å². The van der Waals surface area contributed by atoms with Crippen molar-refractivity contribution in [1.82, 2.24) is 0 Å². The van der Waals surface area contributed by atoms with Crippen molar-refractivity contribution in [1.29, 1.82) is 0 Å². The summed E-state index contributed by atoms with van der Waals surface area (Å²) < 4.78 is 38.1. The van der Waals surface area contributed by atoms with Crippen molar-refractivity contribution in [3.05, 3.63) is 48.5 Å². The molecule has 0 aromatic heterocycles. The van der Waals surface area contributed by atoms with E-state index in [0.29, 0.717) is 11.4 Å². The number of rotatable bonds is 6. The third kappa shape index (κ3) is 4.05. The van der Waals surface area contributed by atoms with Gasteiger partial charge in [-0.15, -0.1) is 0 Å². The van der Waals surface area contributed by atoms with Crippen LogP contribution in [0.2, 0.25) is 0 Å². The van der Waals surface area contributed by atoms with Gasteiger partial charge >= 0.3 is 0 Å². The van der Waals surface area contributed by atoms with Gasteiger partial charge in [-0.05, 0) is 42.8 Å². The average Bonchev–Trinajstić information content (AvgIpc) is 3.11. The largest absolute Gasteiger partial charge is 0.497 e. The molecule has 1 heterocycles. The molecule has 1 aliphatic rings. The van der Waals surface area contributed by atoms with Gasteiger partial charge in [0.05, 0.1) is 18.1 Å². The fourth-order valence-corrected chi connectivity index (χ4v) is 3.97. The normalized spacial score (nSPS) is 17.5. The minimum Gasteiger partial charge on any atom is -0.497 e. The molecule has 0 aliphatic carbocycles. The second kappa shape index (κ2) is 7.33. The van der Waals surface area contributed by atoms with Crippen LogP contribution in [-0.4, -0.2) is 41.8 Å². The van der Waals surface area contributed by atoms with Crippen molar-refractivity contribution in [2.24, 2.45) is 0 Å². The summed E-state index contributed by atoms with van der Waals surface area (Å²) >= 11 is 0. The molecule has 2 aromatic carbocycles. The van der Waals surface area contributed by atoms with E-state index in [-0.39, 0.29) is 11.0 Å². The molecule has 0 saturated carbocycles. The first-order valence-electron chi connectivity index (χ1n) is 8.06. The quantitative estimate of drug-likeness (QED) is 0.856. The molecule has 1 atom stereocenters. The van der Waals surface area contributed by atoms with E-state index >= 15 is 0 Å². The molecule has 7 heteroatoms. The van der Waals surface area contributed by atoms with E-state index in [1.54, 1.807) is 31.4 Å². The molecule has 3 rings (SSSR count). The Morgan fingerprint density at radius 1 is 1.12 bits per heavy atom. The van der Waals surface area contributed by atoms with E-state index < -0.39 is 10.0 Å². The zero-order chi connectivity index (χ0) is 17.9. The summed E-state index contributed by atoms with van der Waals surface area (Å²) in [6.07, 6.45) is 1.26. The fraction of sp³-hybridized carbons (Fsp3) is 0.333. The molecule has 0 bridgehead atoms. The van der Waals surface area contributed by atoms with Gasteiger partial charge in [0.1, 0.15) is 5.75 Å². The highest BCUT2D eigenvalue weighted by Gasteiger charge is 2.22. The van der Waals surface area contributed by atoms with Gasteiger partial charge in [-0.2, -0.15) is 0 Å². The maximum Gasteiger partial charge on any atom is 0.262 e. The number of hydrogen-bond donors (Lipinski definition) is 1. The monoisotopic (exact) mass is 362 g/mol. The molecular weight excluding hydrogens is 340 g/mol. The Bertz CT molecular complexity index is 821. The maximum absolute atomic E-state index is 12.5. The number of benzene rings is 2. The lowest BCUT2D eigenvalue weighted by Gasteiger charge is -2.19. The molecular formula is C18H22N2O4S. The van der Waals surface area contributed by atoms with Crippen LogP contribution in [0.4, 0.5) is 11.4 Å². The fourth-order valence-electron chi connectivity index (χ4n) is 2.88. The molecule has 0 unspecified atom stereocenters. The minimum absolute atomic E-state index is 0.165. The molecule has 0 amide bonds. The van der Waals surface area contributed by atoms with E-state index in [0.717, 1.165) is 25.2 Å². The third-order valence-electron chi connectivity index (χ3n) is 4.31. The number of anilines is 2. The van der Waals surface area contributed by atoms with Crippen molar-refractivity contribution in [3.63, 3.8) is 0 Å². The molecule has 0 spiro atoms. The van der Waals surface area contributed by atoms with E-state index in [9.17, 15) is 8.42 Å². The van der Waals surface area contributed by atoms with Crippen LogP contribution in [0.3, 0.4) is 0 Å². The first kappa shape index (κ1) is 17.6. The molecule has 25 heavy (non-hydrogen) atoms. The number of methoxy groups -OCH3 is 2. The maximum atomic E-state index is 12.5. The minimum atomic E-state index is -3.65. The molecule has 134 valence electrons. The van der Waals surface area contributed by atoms with Crippen LogP contribution in [-0.2, 0) is 14.8 Å². The highest BCUT2D eigenvalue weighted by atomic mass is 32.2. The lowest BCUT2D eigenvalue weighted by Crippen LogP contribution is -2.22. The predicted octanol–water partition coefficient (Wildman–Crippen LogP) is 2.72. The summed E-state index contributed by atoms with van der Waals surface area (Å²) in [5, 5.41) is 0. The zero-order valence-electron chi connectivity index (χ0n) is 14.3. The molecule has 1 fully saturated rings. The van der Waals surface area contributed by atoms with E-state index in [1.807, 2.05) is 12.1 Å². The first-order chi connectivity index (χ1) is 12.0. The molecule has 1 N–H and O–H groups in total. The second-order valence-corrected chi connectivity index (χ2v) is 7.61. The van der Waals surface area contributed by atoms with Crippen LogP contribution in [0.1, 0.15) is 6.42 Å².